The van der Waals surface area contributed by atoms with Crippen molar-refractivity contribution >= 4 is 29.4 Å². The van der Waals surface area contributed by atoms with Crippen LogP contribution >= 0.6 is 11.6 Å². The first-order valence-corrected chi connectivity index (χ1v) is 10.9. The first-order chi connectivity index (χ1) is 15.4. The van der Waals surface area contributed by atoms with Gasteiger partial charge >= 0.3 is 0 Å². The average Bonchev–Trinajstić information content (AvgIpc) is 3.27. The van der Waals surface area contributed by atoms with Crippen LogP contribution in [-0.2, 0) is 0 Å². The zero-order chi connectivity index (χ0) is 22.4. The Morgan fingerprint density at radius 3 is 2.91 bits per heavy atom. The second kappa shape index (κ2) is 8.31. The second-order valence-corrected chi connectivity index (χ2v) is 8.96. The van der Waals surface area contributed by atoms with Gasteiger partial charge in [-0.1, -0.05) is 11.6 Å². The highest BCUT2D eigenvalue weighted by Gasteiger charge is 2.41. The Morgan fingerprint density at radius 2 is 2.16 bits per heavy atom. The molecule has 0 aliphatic carbocycles. The number of aliphatic imine (C=N–C) groups is 1. The summed E-state index contributed by atoms with van der Waals surface area (Å²) in [6.45, 7) is 0.316. The molecule has 8 nitrogen and oxygen atoms in total. The number of likely N-dealkylation sites (tertiary alicyclic amines) is 1. The first kappa shape index (κ1) is 21.1. The Balaban J connectivity index is 1.35. The number of ether oxygens (including phenoxy) is 1. The molecule has 2 bridgehead atoms. The number of aliphatic hydroxyl groups excluding tert-OH is 1. The SMILES string of the molecule is N=C1CN(C(=O)c2ccc(F)cc2OC2CC3CC(O)C(C2)N3)C/C1=C1\N=CC(Cl)=CN1. The summed E-state index contributed by atoms with van der Waals surface area (Å²) >= 11 is 5.87. The lowest BCUT2D eigenvalue weighted by atomic mass is 10.0. The Kier molecular flexibility index (Phi) is 5.48. The molecule has 1 amide bonds. The van der Waals surface area contributed by atoms with Gasteiger partial charge in [0.1, 0.15) is 23.5 Å². The van der Waals surface area contributed by atoms with E-state index in [1.165, 1.54) is 29.3 Å². The molecule has 32 heavy (non-hydrogen) atoms. The number of fused-ring (bicyclic) bond motifs is 2. The monoisotopic (exact) mass is 459 g/mol. The van der Waals surface area contributed by atoms with Crippen molar-refractivity contribution in [1.82, 2.24) is 15.5 Å². The first-order valence-electron chi connectivity index (χ1n) is 10.5. The number of carbonyl (C=O) groups is 1. The van der Waals surface area contributed by atoms with Gasteiger partial charge in [0.2, 0.25) is 0 Å². The molecule has 4 aliphatic heterocycles. The van der Waals surface area contributed by atoms with Gasteiger partial charge in [-0.3, -0.25) is 4.79 Å². The van der Waals surface area contributed by atoms with E-state index in [1.807, 2.05) is 0 Å². The number of benzene rings is 1. The van der Waals surface area contributed by atoms with Crippen LogP contribution in [0, 0.1) is 11.2 Å². The van der Waals surface area contributed by atoms with Crippen LogP contribution in [0.2, 0.25) is 0 Å². The van der Waals surface area contributed by atoms with Crippen LogP contribution in [0.3, 0.4) is 0 Å². The van der Waals surface area contributed by atoms with Gasteiger partial charge in [0.15, 0.2) is 0 Å². The molecule has 3 saturated heterocycles. The van der Waals surface area contributed by atoms with E-state index in [0.717, 1.165) is 0 Å². The number of piperidine rings is 1. The molecule has 10 heteroatoms. The molecule has 4 unspecified atom stereocenters. The van der Waals surface area contributed by atoms with E-state index in [4.69, 9.17) is 21.7 Å². The number of nitrogens with one attached hydrogen (secondary N) is 3. The van der Waals surface area contributed by atoms with Gasteiger partial charge in [0.05, 0.1) is 35.5 Å². The van der Waals surface area contributed by atoms with Crippen LogP contribution in [0.25, 0.3) is 0 Å². The van der Waals surface area contributed by atoms with Crippen molar-refractivity contribution in [3.05, 3.63) is 52.2 Å². The van der Waals surface area contributed by atoms with E-state index in [9.17, 15) is 14.3 Å². The van der Waals surface area contributed by atoms with Crippen LogP contribution in [0.15, 0.2) is 45.8 Å². The summed E-state index contributed by atoms with van der Waals surface area (Å²) in [7, 11) is 0. The topological polar surface area (TPSA) is 110 Å². The largest absolute Gasteiger partial charge is 0.489 e. The van der Waals surface area contributed by atoms with E-state index >= 15 is 0 Å². The molecule has 1 aromatic rings. The van der Waals surface area contributed by atoms with E-state index in [2.05, 4.69) is 15.6 Å². The number of aliphatic hydroxyl groups is 1. The van der Waals surface area contributed by atoms with Gasteiger partial charge < -0.3 is 30.8 Å². The minimum atomic E-state index is -0.491. The number of halogens is 2. The number of hydrogen-bond acceptors (Lipinski definition) is 7. The molecule has 4 heterocycles. The van der Waals surface area contributed by atoms with E-state index < -0.39 is 11.9 Å². The van der Waals surface area contributed by atoms with Crippen LogP contribution in [0.5, 0.6) is 5.75 Å². The molecule has 4 N–H and O–H groups in total. The Bertz CT molecular complexity index is 1070. The molecular formula is C22H23ClFN5O3. The maximum absolute atomic E-state index is 14.0. The van der Waals surface area contributed by atoms with Crippen molar-refractivity contribution < 1.29 is 19.0 Å². The number of amides is 1. The zero-order valence-electron chi connectivity index (χ0n) is 17.1. The molecule has 1 aromatic carbocycles. The number of nitrogens with zero attached hydrogens (tertiary/aromatic N) is 2. The number of rotatable bonds is 3. The maximum atomic E-state index is 14.0. The van der Waals surface area contributed by atoms with Crippen molar-refractivity contribution in [1.29, 1.82) is 5.41 Å². The third-order valence-corrected chi connectivity index (χ3v) is 6.48. The van der Waals surface area contributed by atoms with Crippen molar-refractivity contribution in [3.63, 3.8) is 0 Å². The van der Waals surface area contributed by atoms with Crippen LogP contribution < -0.4 is 15.4 Å². The third kappa shape index (κ3) is 4.03. The fraction of sp³-hybridized carbons (Fsp3) is 0.409. The predicted molar refractivity (Wildman–Crippen MR) is 118 cm³/mol. The number of carbonyl (C=O) groups excluding carboxylic acids is 1. The second-order valence-electron chi connectivity index (χ2n) is 8.52. The van der Waals surface area contributed by atoms with Crippen molar-refractivity contribution in [2.24, 2.45) is 4.99 Å². The lowest BCUT2D eigenvalue weighted by molar-refractivity contribution is 0.0784. The minimum Gasteiger partial charge on any atom is -0.489 e. The Labute approximate surface area is 189 Å². The highest BCUT2D eigenvalue weighted by atomic mass is 35.5. The average molecular weight is 460 g/mol. The minimum absolute atomic E-state index is 0.0502. The number of hydrogen-bond donors (Lipinski definition) is 4. The zero-order valence-corrected chi connectivity index (χ0v) is 17.9. The van der Waals surface area contributed by atoms with Gasteiger partial charge in [-0.15, -0.1) is 0 Å². The third-order valence-electron chi connectivity index (χ3n) is 6.27. The summed E-state index contributed by atoms with van der Waals surface area (Å²) < 4.78 is 20.1. The fourth-order valence-electron chi connectivity index (χ4n) is 4.73. The van der Waals surface area contributed by atoms with Gasteiger partial charge in [0, 0.05) is 42.6 Å². The van der Waals surface area contributed by atoms with Gasteiger partial charge in [-0.25, -0.2) is 9.38 Å². The Morgan fingerprint density at radius 1 is 1.31 bits per heavy atom. The molecule has 168 valence electrons. The summed E-state index contributed by atoms with van der Waals surface area (Å²) in [6, 6.07) is 3.99. The van der Waals surface area contributed by atoms with Crippen molar-refractivity contribution in [3.8, 4) is 5.75 Å². The number of allylic oxidation sites excluding steroid dienone is 1. The molecule has 3 fully saturated rings. The summed E-state index contributed by atoms with van der Waals surface area (Å²) in [5.74, 6) is -0.165. The highest BCUT2D eigenvalue weighted by molar-refractivity contribution is 6.39. The molecular weight excluding hydrogens is 437 g/mol. The van der Waals surface area contributed by atoms with E-state index in [1.54, 1.807) is 6.20 Å². The summed E-state index contributed by atoms with van der Waals surface area (Å²) in [4.78, 5) is 19.0. The van der Waals surface area contributed by atoms with E-state index in [-0.39, 0.29) is 54.2 Å². The predicted octanol–water partition coefficient (Wildman–Crippen LogP) is 1.90. The highest BCUT2D eigenvalue weighted by Crippen LogP contribution is 2.32. The maximum Gasteiger partial charge on any atom is 0.258 e. The molecule has 0 aromatic heterocycles. The molecule has 0 spiro atoms. The van der Waals surface area contributed by atoms with Gasteiger partial charge in [0.25, 0.3) is 5.91 Å². The van der Waals surface area contributed by atoms with Crippen LogP contribution in [-0.4, -0.2) is 65.2 Å². The van der Waals surface area contributed by atoms with E-state index in [0.29, 0.717) is 35.7 Å². The normalized spacial score (nSPS) is 31.5. The molecule has 4 aliphatic rings. The quantitative estimate of drug-likeness (QED) is 0.552. The summed E-state index contributed by atoms with van der Waals surface area (Å²) in [6.07, 6.45) is 4.36. The standard InChI is InChI=1S/C22H23ClFN5O3/c23-11-7-26-21(27-8-11)16-9-29(10-17(16)25)22(31)15-2-1-12(24)3-20(15)32-14-4-13-5-19(30)18(6-14)28-13/h1-3,7-8,13-14,18-19,25-26,28,30H,4-6,9-10H2/b21-16+,25-17?. The molecule has 0 saturated carbocycles. The molecule has 0 radical (unpaired) electrons. The molecule has 4 atom stereocenters. The van der Waals surface area contributed by atoms with Crippen LogP contribution in [0.1, 0.15) is 29.6 Å². The fourth-order valence-corrected chi connectivity index (χ4v) is 4.84. The lowest BCUT2D eigenvalue weighted by Crippen LogP contribution is -2.44. The molecule has 5 rings (SSSR count). The summed E-state index contributed by atoms with van der Waals surface area (Å²) in [5, 5.41) is 25.1. The van der Waals surface area contributed by atoms with Crippen LogP contribution in [0.4, 0.5) is 4.39 Å². The Hall–Kier alpha value is -2.75. The van der Waals surface area contributed by atoms with Gasteiger partial charge in [-0.2, -0.15) is 0 Å². The van der Waals surface area contributed by atoms with Crippen molar-refractivity contribution in [2.45, 2.75) is 43.6 Å². The smallest absolute Gasteiger partial charge is 0.258 e. The lowest BCUT2D eigenvalue weighted by Gasteiger charge is -2.30. The van der Waals surface area contributed by atoms with Gasteiger partial charge in [-0.05, 0) is 25.0 Å². The summed E-state index contributed by atoms with van der Waals surface area (Å²) in [5.41, 5.74) is 1.13. The van der Waals surface area contributed by atoms with Crippen molar-refractivity contribution in [2.75, 3.05) is 13.1 Å².